The van der Waals surface area contributed by atoms with E-state index in [2.05, 4.69) is 43.7 Å². The van der Waals surface area contributed by atoms with Gasteiger partial charge in [0.15, 0.2) is 17.3 Å². The fourth-order valence-electron chi connectivity index (χ4n) is 5.20. The second kappa shape index (κ2) is 12.3. The van der Waals surface area contributed by atoms with Gasteiger partial charge >= 0.3 is 6.03 Å². The molecule has 3 heterocycles. The lowest BCUT2D eigenvalue weighted by molar-refractivity contribution is 0.190. The van der Waals surface area contributed by atoms with E-state index in [1.54, 1.807) is 6.92 Å². The van der Waals surface area contributed by atoms with Gasteiger partial charge in [0.25, 0.3) is 0 Å². The summed E-state index contributed by atoms with van der Waals surface area (Å²) in [6.07, 6.45) is 5.93. The lowest BCUT2D eigenvalue weighted by atomic mass is 9.84. The largest absolute Gasteiger partial charge is 0.361 e. The maximum absolute atomic E-state index is 15.0. The highest BCUT2D eigenvalue weighted by atomic mass is 127. The third kappa shape index (κ3) is 6.73. The highest BCUT2D eigenvalue weighted by Gasteiger charge is 2.32. The van der Waals surface area contributed by atoms with Gasteiger partial charge in [0, 0.05) is 60.1 Å². The van der Waals surface area contributed by atoms with E-state index in [0.29, 0.717) is 30.4 Å². The van der Waals surface area contributed by atoms with Crippen LogP contribution >= 0.6 is 30.3 Å². The molecule has 7 nitrogen and oxygen atoms in total. The fourth-order valence-corrected chi connectivity index (χ4v) is 6.47. The first-order valence-corrected chi connectivity index (χ1v) is 15.8. The van der Waals surface area contributed by atoms with Crippen LogP contribution in [0.4, 0.5) is 18.0 Å². The fraction of sp³-hybridized carbons (Fsp3) is 0.560. The van der Waals surface area contributed by atoms with Crippen LogP contribution in [0.1, 0.15) is 58.1 Å². The summed E-state index contributed by atoms with van der Waals surface area (Å²) in [5.74, 6) is -0.509. The number of likely N-dealkylation sites (tertiary alicyclic amines) is 1. The quantitative estimate of drug-likeness (QED) is 0.221. The standard InChI is InChI=1S/C25H32F3IN6OS/c1-4-22(28)23(31-15(3)21-13-35(37-29)24-20(21)9-17(27)11-30-24)32-18-7-14(2)8-19(10-18)33-25(36)34-6-5-16(26)12-34/h4,9,11,13-16,18-19H,5-8,10,12H2,1-3H3,(H,31,32)(H,33,36)/b22-4+. The first-order chi connectivity index (χ1) is 17.7. The average Bonchev–Trinajstić information content (AvgIpc) is 3.46. The summed E-state index contributed by atoms with van der Waals surface area (Å²) in [7, 11) is 1.41. The van der Waals surface area contributed by atoms with Crippen molar-refractivity contribution >= 4 is 53.2 Å². The van der Waals surface area contributed by atoms with Gasteiger partial charge in [-0.05, 0) is 57.6 Å². The van der Waals surface area contributed by atoms with E-state index in [1.807, 2.05) is 17.1 Å². The van der Waals surface area contributed by atoms with Crippen molar-refractivity contribution in [2.75, 3.05) is 13.1 Å². The zero-order valence-electron chi connectivity index (χ0n) is 21.1. The van der Waals surface area contributed by atoms with Gasteiger partial charge in [0.05, 0.1) is 24.8 Å². The Kier molecular flexibility index (Phi) is 9.30. The average molecular weight is 649 g/mol. The number of hydrogen-bond acceptors (Lipinski definition) is 4. The van der Waals surface area contributed by atoms with Crippen molar-refractivity contribution in [2.45, 2.75) is 70.8 Å². The Balaban J connectivity index is 1.52. The molecule has 4 rings (SSSR count). The van der Waals surface area contributed by atoms with Crippen LogP contribution in [0.25, 0.3) is 11.0 Å². The number of aliphatic imine (C=N–C) groups is 1. The van der Waals surface area contributed by atoms with Crippen molar-refractivity contribution in [1.29, 1.82) is 0 Å². The molecule has 2 amide bonds. The van der Waals surface area contributed by atoms with Crippen LogP contribution in [0.15, 0.2) is 35.4 Å². The van der Waals surface area contributed by atoms with E-state index >= 15 is 0 Å². The highest BCUT2D eigenvalue weighted by Crippen LogP contribution is 2.32. The number of nitrogens with zero attached hydrogens (tertiary/aromatic N) is 4. The predicted molar refractivity (Wildman–Crippen MR) is 151 cm³/mol. The van der Waals surface area contributed by atoms with E-state index in [0.717, 1.165) is 18.4 Å². The molecular weight excluding hydrogens is 616 g/mol. The Bertz CT molecular complexity index is 1190. The molecule has 0 bridgehead atoms. The summed E-state index contributed by atoms with van der Waals surface area (Å²) in [6, 6.07) is 0.486. The smallest absolute Gasteiger partial charge is 0.317 e. The zero-order valence-corrected chi connectivity index (χ0v) is 24.0. The molecule has 1 aliphatic carbocycles. The maximum Gasteiger partial charge on any atom is 0.317 e. The summed E-state index contributed by atoms with van der Waals surface area (Å²) >= 11 is 2.13. The number of nitrogens with one attached hydrogen (secondary N) is 2. The summed E-state index contributed by atoms with van der Waals surface area (Å²) < 4.78 is 44.4. The number of urea groups is 1. The minimum Gasteiger partial charge on any atom is -0.361 e. The van der Waals surface area contributed by atoms with Crippen molar-refractivity contribution in [3.63, 3.8) is 0 Å². The number of amidine groups is 1. The Morgan fingerprint density at radius 1 is 1.38 bits per heavy atom. The number of carbonyl (C=O) groups is 1. The van der Waals surface area contributed by atoms with Crippen molar-refractivity contribution in [3.05, 3.63) is 41.7 Å². The van der Waals surface area contributed by atoms with Gasteiger partial charge in [-0.1, -0.05) is 6.92 Å². The Labute approximate surface area is 231 Å². The molecule has 202 valence electrons. The van der Waals surface area contributed by atoms with Crippen LogP contribution in [0, 0.1) is 11.7 Å². The Morgan fingerprint density at radius 2 is 2.16 bits per heavy atom. The first kappa shape index (κ1) is 28.1. The van der Waals surface area contributed by atoms with E-state index < -0.39 is 17.8 Å². The van der Waals surface area contributed by atoms with Gasteiger partial charge < -0.3 is 15.5 Å². The third-order valence-corrected chi connectivity index (χ3v) is 8.66. The highest BCUT2D eigenvalue weighted by molar-refractivity contribution is 14.2. The van der Waals surface area contributed by atoms with Crippen LogP contribution in [0.2, 0.25) is 0 Å². The molecule has 0 radical (unpaired) electrons. The van der Waals surface area contributed by atoms with Gasteiger partial charge in [-0.2, -0.15) is 0 Å². The van der Waals surface area contributed by atoms with E-state index in [1.165, 1.54) is 32.4 Å². The van der Waals surface area contributed by atoms with Crippen molar-refractivity contribution in [3.8, 4) is 0 Å². The van der Waals surface area contributed by atoms with Gasteiger partial charge in [0.2, 0.25) is 0 Å². The summed E-state index contributed by atoms with van der Waals surface area (Å²) in [5, 5.41) is 6.88. The minimum atomic E-state index is -0.968. The van der Waals surface area contributed by atoms with Crippen LogP contribution in [-0.4, -0.2) is 57.1 Å². The molecule has 2 aliphatic rings. The molecule has 37 heavy (non-hydrogen) atoms. The molecule has 1 saturated heterocycles. The summed E-state index contributed by atoms with van der Waals surface area (Å²) in [6.45, 7) is 6.12. The van der Waals surface area contributed by atoms with Gasteiger partial charge in [-0.25, -0.2) is 22.9 Å². The molecule has 2 N–H and O–H groups in total. The topological polar surface area (TPSA) is 74.6 Å². The Hall–Kier alpha value is -1.96. The SMILES string of the molecule is C/C=C(/F)C(=NC1CC(C)CC(NC(=O)N2CCC(F)C2)C1)NC(C)c1cn(SI)c2ncc(F)cc12. The number of pyridine rings is 1. The molecule has 2 fully saturated rings. The minimum absolute atomic E-state index is 0.122. The number of amides is 2. The second-order valence-corrected chi connectivity index (χ2v) is 11.6. The molecule has 0 spiro atoms. The van der Waals surface area contributed by atoms with Gasteiger partial charge in [-0.15, -0.1) is 0 Å². The molecular formula is C25H32F3IN6OS. The van der Waals surface area contributed by atoms with Crippen LogP contribution in [0.3, 0.4) is 0 Å². The molecule has 1 saturated carbocycles. The Morgan fingerprint density at radius 3 is 2.84 bits per heavy atom. The molecule has 5 unspecified atom stereocenters. The number of halogens is 4. The van der Waals surface area contributed by atoms with E-state index in [-0.39, 0.29) is 42.5 Å². The van der Waals surface area contributed by atoms with E-state index in [4.69, 9.17) is 4.99 Å². The lowest BCUT2D eigenvalue weighted by Crippen LogP contribution is -2.47. The number of rotatable bonds is 6. The number of fused-ring (bicyclic) bond motifs is 1. The first-order valence-electron chi connectivity index (χ1n) is 12.5. The van der Waals surface area contributed by atoms with Gasteiger partial charge in [0.1, 0.15) is 12.0 Å². The number of hydrogen-bond donors (Lipinski definition) is 2. The predicted octanol–water partition coefficient (Wildman–Crippen LogP) is 6.25. The summed E-state index contributed by atoms with van der Waals surface area (Å²) in [4.78, 5) is 23.1. The number of allylic oxidation sites excluding steroid dienone is 1. The normalized spacial score (nSPS) is 26.0. The van der Waals surface area contributed by atoms with Crippen LogP contribution in [-0.2, 0) is 0 Å². The van der Waals surface area contributed by atoms with Crippen molar-refractivity contribution < 1.29 is 18.0 Å². The molecule has 2 aromatic heterocycles. The molecule has 2 aromatic rings. The van der Waals surface area contributed by atoms with Crippen LogP contribution in [0.5, 0.6) is 0 Å². The third-order valence-electron chi connectivity index (χ3n) is 6.96. The van der Waals surface area contributed by atoms with Crippen molar-refractivity contribution in [1.82, 2.24) is 24.5 Å². The van der Waals surface area contributed by atoms with Crippen molar-refractivity contribution in [2.24, 2.45) is 10.9 Å². The lowest BCUT2D eigenvalue weighted by Gasteiger charge is -2.33. The van der Waals surface area contributed by atoms with Crippen LogP contribution < -0.4 is 10.6 Å². The van der Waals surface area contributed by atoms with E-state index in [9.17, 15) is 18.0 Å². The molecule has 12 heteroatoms. The number of carbonyl (C=O) groups excluding carboxylic acids is 1. The number of aromatic nitrogens is 2. The molecule has 0 aromatic carbocycles. The van der Waals surface area contributed by atoms with Gasteiger partial charge in [-0.3, -0.25) is 8.96 Å². The second-order valence-electron chi connectivity index (χ2n) is 9.93. The zero-order chi connectivity index (χ0) is 26.7. The maximum atomic E-state index is 15.0. The molecule has 5 atom stereocenters. The summed E-state index contributed by atoms with van der Waals surface area (Å²) in [5.41, 5.74) is 1.41. The monoisotopic (exact) mass is 648 g/mol. The molecule has 1 aliphatic heterocycles. The number of alkyl halides is 1.